The summed E-state index contributed by atoms with van der Waals surface area (Å²) in [6, 6.07) is 15.0. The zero-order valence-electron chi connectivity index (χ0n) is 16.5. The number of ether oxygens (including phenoxy) is 2. The van der Waals surface area contributed by atoms with Crippen LogP contribution in [0, 0.1) is 6.92 Å². The number of hydrogen-bond acceptors (Lipinski definition) is 6. The Balaban J connectivity index is 1.84. The molecule has 150 valence electrons. The molecule has 1 amide bonds. The second-order valence-electron chi connectivity index (χ2n) is 6.28. The van der Waals surface area contributed by atoms with Gasteiger partial charge in [-0.05, 0) is 61.0 Å². The third-order valence-corrected chi connectivity index (χ3v) is 5.28. The molecule has 3 rings (SSSR count). The molecule has 0 radical (unpaired) electrons. The number of esters is 1. The summed E-state index contributed by atoms with van der Waals surface area (Å²) in [6.45, 7) is 4.29. The lowest BCUT2D eigenvalue weighted by atomic mass is 10.2. The van der Waals surface area contributed by atoms with Gasteiger partial charge in [0.15, 0.2) is 11.8 Å². The van der Waals surface area contributed by atoms with Crippen LogP contribution in [0.25, 0.3) is 6.08 Å². The number of amidine groups is 1. The highest BCUT2D eigenvalue weighted by Gasteiger charge is 2.32. The number of thioether (sulfide) groups is 1. The van der Waals surface area contributed by atoms with Gasteiger partial charge in [0.25, 0.3) is 5.91 Å². The van der Waals surface area contributed by atoms with Gasteiger partial charge in [0.2, 0.25) is 0 Å². The highest BCUT2D eigenvalue weighted by atomic mass is 32.2. The lowest BCUT2D eigenvalue weighted by Gasteiger charge is -2.12. The largest absolute Gasteiger partial charge is 0.482 e. The Morgan fingerprint density at radius 3 is 2.72 bits per heavy atom. The van der Waals surface area contributed by atoms with Gasteiger partial charge >= 0.3 is 5.97 Å². The molecule has 1 aliphatic rings. The summed E-state index contributed by atoms with van der Waals surface area (Å²) in [4.78, 5) is 31.0. The lowest BCUT2D eigenvalue weighted by Crippen LogP contribution is -2.28. The molecule has 2 aromatic carbocycles. The number of hydrogen-bond donors (Lipinski definition) is 0. The van der Waals surface area contributed by atoms with Crippen LogP contribution in [0.1, 0.15) is 18.1 Å². The van der Waals surface area contributed by atoms with Crippen molar-refractivity contribution in [3.8, 4) is 5.75 Å². The molecule has 29 heavy (non-hydrogen) atoms. The fourth-order valence-electron chi connectivity index (χ4n) is 2.71. The van der Waals surface area contributed by atoms with Crippen molar-refractivity contribution in [2.24, 2.45) is 4.99 Å². The number of methoxy groups -OCH3 is 1. The van der Waals surface area contributed by atoms with Gasteiger partial charge in [0.1, 0.15) is 5.75 Å². The molecule has 0 bridgehead atoms. The first-order valence-corrected chi connectivity index (χ1v) is 9.99. The zero-order chi connectivity index (χ0) is 20.8. The van der Waals surface area contributed by atoms with Gasteiger partial charge in [-0.3, -0.25) is 9.69 Å². The number of benzene rings is 2. The highest BCUT2D eigenvalue weighted by molar-refractivity contribution is 8.18. The molecule has 0 spiro atoms. The number of para-hydroxylation sites is 1. The van der Waals surface area contributed by atoms with Crippen LogP contribution in [0.2, 0.25) is 0 Å². The minimum atomic E-state index is -0.453. The molecule has 0 aliphatic carbocycles. The first-order chi connectivity index (χ1) is 14.0. The molecule has 1 fully saturated rings. The molecular weight excluding hydrogens is 388 g/mol. The number of carbonyl (C=O) groups excluding carboxylic acids is 2. The Kier molecular flexibility index (Phi) is 6.72. The summed E-state index contributed by atoms with van der Waals surface area (Å²) in [5, 5.41) is 0.663. The number of aryl methyl sites for hydroxylation is 1. The van der Waals surface area contributed by atoms with E-state index in [1.165, 1.54) is 18.9 Å². The van der Waals surface area contributed by atoms with Gasteiger partial charge in [-0.25, -0.2) is 9.79 Å². The molecule has 0 unspecified atom stereocenters. The predicted molar refractivity (Wildman–Crippen MR) is 115 cm³/mol. The monoisotopic (exact) mass is 410 g/mol. The van der Waals surface area contributed by atoms with Crippen LogP contribution >= 0.6 is 11.8 Å². The normalized spacial score (nSPS) is 16.5. The van der Waals surface area contributed by atoms with E-state index in [1.807, 2.05) is 50.2 Å². The molecule has 1 heterocycles. The first-order valence-electron chi connectivity index (χ1n) is 9.17. The average molecular weight is 410 g/mol. The minimum Gasteiger partial charge on any atom is -0.482 e. The molecule has 0 atom stereocenters. The molecule has 6 nitrogen and oxygen atoms in total. The average Bonchev–Trinajstić information content (AvgIpc) is 3.02. The molecule has 0 N–H and O–H groups in total. The third-order valence-electron chi connectivity index (χ3n) is 4.28. The van der Waals surface area contributed by atoms with Crippen LogP contribution in [0.4, 0.5) is 5.69 Å². The van der Waals surface area contributed by atoms with Crippen molar-refractivity contribution in [2.75, 3.05) is 20.3 Å². The topological polar surface area (TPSA) is 68.2 Å². The van der Waals surface area contributed by atoms with E-state index < -0.39 is 5.97 Å². The van der Waals surface area contributed by atoms with Crippen molar-refractivity contribution in [2.45, 2.75) is 13.8 Å². The predicted octanol–water partition coefficient (Wildman–Crippen LogP) is 4.17. The van der Waals surface area contributed by atoms with Gasteiger partial charge < -0.3 is 9.47 Å². The van der Waals surface area contributed by atoms with Crippen LogP contribution in [-0.4, -0.2) is 42.2 Å². The maximum absolute atomic E-state index is 12.8. The maximum Gasteiger partial charge on any atom is 0.343 e. The molecule has 0 saturated carbocycles. The lowest BCUT2D eigenvalue weighted by molar-refractivity contribution is -0.142. The van der Waals surface area contributed by atoms with Crippen LogP contribution in [0.5, 0.6) is 5.75 Å². The van der Waals surface area contributed by atoms with Crippen LogP contribution < -0.4 is 4.74 Å². The van der Waals surface area contributed by atoms with Crippen molar-refractivity contribution in [3.63, 3.8) is 0 Å². The summed E-state index contributed by atoms with van der Waals surface area (Å²) in [7, 11) is 1.31. The fourth-order valence-corrected chi connectivity index (χ4v) is 3.76. The number of rotatable bonds is 6. The molecule has 0 aromatic heterocycles. The van der Waals surface area contributed by atoms with Crippen LogP contribution in [0.3, 0.4) is 0 Å². The molecule has 1 aliphatic heterocycles. The van der Waals surface area contributed by atoms with E-state index in [-0.39, 0.29) is 12.5 Å². The van der Waals surface area contributed by atoms with E-state index in [4.69, 9.17) is 9.73 Å². The standard InChI is InChI=1S/C22H22N2O4S/c1-4-24-21(26)19(29-22(24)23-18-11-6-5-8-15(18)2)13-16-9-7-10-17(12-16)28-14-20(25)27-3/h5-13H,4,14H2,1-3H3/b19-13+,23-22?. The molecule has 1 saturated heterocycles. The summed E-state index contributed by atoms with van der Waals surface area (Å²) in [6.07, 6.45) is 1.81. The maximum atomic E-state index is 12.8. The van der Waals surface area contributed by atoms with Crippen molar-refractivity contribution in [3.05, 3.63) is 64.6 Å². The summed E-state index contributed by atoms with van der Waals surface area (Å²) < 4.78 is 9.99. The van der Waals surface area contributed by atoms with Gasteiger partial charge in [0, 0.05) is 6.54 Å². The SMILES string of the molecule is CCN1C(=O)/C(=C\c2cccc(OCC(=O)OC)c2)SC1=Nc1ccccc1C. The van der Waals surface area contributed by atoms with Crippen molar-refractivity contribution in [1.29, 1.82) is 0 Å². The van der Waals surface area contributed by atoms with E-state index in [0.717, 1.165) is 16.8 Å². The van der Waals surface area contributed by atoms with E-state index in [0.29, 0.717) is 22.4 Å². The second kappa shape index (κ2) is 9.43. The van der Waals surface area contributed by atoms with Gasteiger partial charge in [-0.15, -0.1) is 0 Å². The summed E-state index contributed by atoms with van der Waals surface area (Å²) in [5.74, 6) is -0.00186. The Hall–Kier alpha value is -3.06. The smallest absolute Gasteiger partial charge is 0.343 e. The van der Waals surface area contributed by atoms with Crippen molar-refractivity contribution < 1.29 is 19.1 Å². The number of aliphatic imine (C=N–C) groups is 1. The first kappa shape index (κ1) is 20.7. The summed E-state index contributed by atoms with van der Waals surface area (Å²) in [5.41, 5.74) is 2.70. The van der Waals surface area contributed by atoms with Crippen molar-refractivity contribution >= 4 is 40.6 Å². The molecular formula is C22H22N2O4S. The number of amides is 1. The van der Waals surface area contributed by atoms with Crippen LogP contribution in [-0.2, 0) is 14.3 Å². The van der Waals surface area contributed by atoms with Crippen molar-refractivity contribution in [1.82, 2.24) is 4.90 Å². The molecule has 2 aromatic rings. The van der Waals surface area contributed by atoms with E-state index in [1.54, 1.807) is 23.1 Å². The minimum absolute atomic E-state index is 0.0780. The molecule has 7 heteroatoms. The number of likely N-dealkylation sites (N-methyl/N-ethyl adjacent to an activating group) is 1. The quantitative estimate of drug-likeness (QED) is 0.528. The summed E-state index contributed by atoms with van der Waals surface area (Å²) >= 11 is 1.35. The Bertz CT molecular complexity index is 984. The van der Waals surface area contributed by atoms with E-state index in [9.17, 15) is 9.59 Å². The third kappa shape index (κ3) is 5.06. The Morgan fingerprint density at radius 1 is 1.21 bits per heavy atom. The van der Waals surface area contributed by atoms with Gasteiger partial charge in [-0.1, -0.05) is 30.3 Å². The van der Waals surface area contributed by atoms with E-state index >= 15 is 0 Å². The van der Waals surface area contributed by atoms with Crippen LogP contribution in [0.15, 0.2) is 58.4 Å². The van der Waals surface area contributed by atoms with E-state index in [2.05, 4.69) is 4.74 Å². The Labute approximate surface area is 174 Å². The fraction of sp³-hybridized carbons (Fsp3) is 0.227. The second-order valence-corrected chi connectivity index (χ2v) is 7.29. The van der Waals surface area contributed by atoms with Gasteiger partial charge in [0.05, 0.1) is 17.7 Å². The number of nitrogens with zero attached hydrogens (tertiary/aromatic N) is 2. The number of carbonyl (C=O) groups is 2. The van der Waals surface area contributed by atoms with Gasteiger partial charge in [-0.2, -0.15) is 0 Å². The highest BCUT2D eigenvalue weighted by Crippen LogP contribution is 2.34. The Morgan fingerprint density at radius 2 is 2.00 bits per heavy atom. The zero-order valence-corrected chi connectivity index (χ0v) is 17.4.